The standard InChI is InChI=1S/C13H9BrCl2N2O/c14-11-6-12(18-13(17-11)7-1-2-7)19-8-3-4-9(15)10(16)5-8/h3-7H,1-2H2. The van der Waals surface area contributed by atoms with Gasteiger partial charge in [0.15, 0.2) is 0 Å². The van der Waals surface area contributed by atoms with Gasteiger partial charge in [-0.2, -0.15) is 4.98 Å². The molecule has 0 radical (unpaired) electrons. The van der Waals surface area contributed by atoms with Crippen molar-refractivity contribution in [3.05, 3.63) is 44.7 Å². The van der Waals surface area contributed by atoms with E-state index in [0.29, 0.717) is 27.6 Å². The first-order valence-corrected chi connectivity index (χ1v) is 7.34. The lowest BCUT2D eigenvalue weighted by molar-refractivity contribution is 0.458. The Hall–Kier alpha value is -0.840. The van der Waals surface area contributed by atoms with Crippen molar-refractivity contribution in [3.63, 3.8) is 0 Å². The molecule has 0 amide bonds. The molecule has 19 heavy (non-hydrogen) atoms. The lowest BCUT2D eigenvalue weighted by Gasteiger charge is -2.07. The van der Waals surface area contributed by atoms with E-state index in [4.69, 9.17) is 27.9 Å². The smallest absolute Gasteiger partial charge is 0.223 e. The van der Waals surface area contributed by atoms with Crippen LogP contribution in [-0.2, 0) is 0 Å². The van der Waals surface area contributed by atoms with E-state index in [2.05, 4.69) is 25.9 Å². The summed E-state index contributed by atoms with van der Waals surface area (Å²) in [5.41, 5.74) is 0. The molecule has 1 aromatic carbocycles. The molecule has 2 aromatic rings. The van der Waals surface area contributed by atoms with Gasteiger partial charge in [0, 0.05) is 18.1 Å². The first kappa shape index (κ1) is 13.2. The molecule has 0 unspecified atom stereocenters. The van der Waals surface area contributed by atoms with Crippen molar-refractivity contribution in [1.29, 1.82) is 0 Å². The molecule has 3 nitrogen and oxygen atoms in total. The van der Waals surface area contributed by atoms with Gasteiger partial charge in [-0.3, -0.25) is 0 Å². The Morgan fingerprint density at radius 3 is 2.58 bits per heavy atom. The molecule has 1 aromatic heterocycles. The largest absolute Gasteiger partial charge is 0.439 e. The highest BCUT2D eigenvalue weighted by Crippen LogP contribution is 2.39. The SMILES string of the molecule is Clc1ccc(Oc2cc(Br)nc(C3CC3)n2)cc1Cl. The van der Waals surface area contributed by atoms with Crippen LogP contribution in [0.15, 0.2) is 28.9 Å². The molecule has 1 aliphatic carbocycles. The van der Waals surface area contributed by atoms with E-state index in [-0.39, 0.29) is 0 Å². The fourth-order valence-corrected chi connectivity index (χ4v) is 2.32. The van der Waals surface area contributed by atoms with Crippen molar-refractivity contribution in [3.8, 4) is 11.6 Å². The number of halogens is 3. The topological polar surface area (TPSA) is 35.0 Å². The Balaban J connectivity index is 1.87. The number of benzene rings is 1. The summed E-state index contributed by atoms with van der Waals surface area (Å²) in [6.07, 6.45) is 2.28. The van der Waals surface area contributed by atoms with Crippen LogP contribution in [0.4, 0.5) is 0 Å². The number of rotatable bonds is 3. The Bertz CT molecular complexity index is 632. The molecule has 1 fully saturated rings. The van der Waals surface area contributed by atoms with Crippen LogP contribution >= 0.6 is 39.1 Å². The van der Waals surface area contributed by atoms with Gasteiger partial charge in [-0.15, -0.1) is 0 Å². The fraction of sp³-hybridized carbons (Fsp3) is 0.231. The lowest BCUT2D eigenvalue weighted by atomic mass is 10.3. The van der Waals surface area contributed by atoms with Crippen LogP contribution in [0.25, 0.3) is 0 Å². The number of nitrogens with zero attached hydrogens (tertiary/aromatic N) is 2. The summed E-state index contributed by atoms with van der Waals surface area (Å²) in [6, 6.07) is 6.84. The van der Waals surface area contributed by atoms with E-state index in [1.807, 2.05) is 0 Å². The fourth-order valence-electron chi connectivity index (χ4n) is 1.65. The van der Waals surface area contributed by atoms with E-state index < -0.39 is 0 Å². The highest BCUT2D eigenvalue weighted by molar-refractivity contribution is 9.10. The molecule has 0 aliphatic heterocycles. The number of hydrogen-bond donors (Lipinski definition) is 0. The highest BCUT2D eigenvalue weighted by atomic mass is 79.9. The first-order valence-electron chi connectivity index (χ1n) is 5.79. The second kappa shape index (κ2) is 5.27. The molecule has 3 rings (SSSR count). The first-order chi connectivity index (χ1) is 9.11. The predicted octanol–water partition coefficient (Wildman–Crippen LogP) is 5.22. The van der Waals surface area contributed by atoms with Crippen molar-refractivity contribution in [2.45, 2.75) is 18.8 Å². The van der Waals surface area contributed by atoms with Crippen LogP contribution in [0.2, 0.25) is 10.0 Å². The predicted molar refractivity (Wildman–Crippen MR) is 78.2 cm³/mol. The van der Waals surface area contributed by atoms with Crippen molar-refractivity contribution in [2.75, 3.05) is 0 Å². The van der Waals surface area contributed by atoms with Gasteiger partial charge in [-0.25, -0.2) is 4.98 Å². The summed E-state index contributed by atoms with van der Waals surface area (Å²) < 4.78 is 6.41. The molecule has 6 heteroatoms. The number of hydrogen-bond acceptors (Lipinski definition) is 3. The Labute approximate surface area is 129 Å². The van der Waals surface area contributed by atoms with E-state index in [9.17, 15) is 0 Å². The molecule has 0 bridgehead atoms. The molecular formula is C13H9BrCl2N2O. The Kier molecular flexibility index (Phi) is 3.65. The lowest BCUT2D eigenvalue weighted by Crippen LogP contribution is -1.96. The molecule has 1 saturated carbocycles. The van der Waals surface area contributed by atoms with Crippen LogP contribution in [-0.4, -0.2) is 9.97 Å². The maximum atomic E-state index is 5.95. The third-order valence-corrected chi connectivity index (χ3v) is 3.89. The van der Waals surface area contributed by atoms with Crippen LogP contribution < -0.4 is 4.74 Å². The minimum atomic E-state index is 0.453. The zero-order chi connectivity index (χ0) is 13.4. The molecule has 1 heterocycles. The molecule has 0 N–H and O–H groups in total. The molecule has 98 valence electrons. The van der Waals surface area contributed by atoms with Gasteiger partial charge < -0.3 is 4.74 Å². The summed E-state index contributed by atoms with van der Waals surface area (Å²) in [6.45, 7) is 0. The normalized spacial score (nSPS) is 14.5. The van der Waals surface area contributed by atoms with Crippen LogP contribution in [0.3, 0.4) is 0 Å². The van der Waals surface area contributed by atoms with E-state index in [1.165, 1.54) is 0 Å². The molecule has 0 atom stereocenters. The zero-order valence-corrected chi connectivity index (χ0v) is 12.8. The maximum Gasteiger partial charge on any atom is 0.223 e. The van der Waals surface area contributed by atoms with Crippen LogP contribution in [0.5, 0.6) is 11.6 Å². The highest BCUT2D eigenvalue weighted by Gasteiger charge is 2.27. The van der Waals surface area contributed by atoms with Gasteiger partial charge in [0.1, 0.15) is 16.2 Å². The van der Waals surface area contributed by atoms with Gasteiger partial charge in [-0.1, -0.05) is 23.2 Å². The average Bonchev–Trinajstić information content (AvgIpc) is 3.17. The van der Waals surface area contributed by atoms with Crippen molar-refractivity contribution < 1.29 is 4.74 Å². The zero-order valence-electron chi connectivity index (χ0n) is 9.74. The van der Waals surface area contributed by atoms with Crippen LogP contribution in [0, 0.1) is 0 Å². The third kappa shape index (κ3) is 3.19. The van der Waals surface area contributed by atoms with E-state index in [1.54, 1.807) is 24.3 Å². The Morgan fingerprint density at radius 1 is 1.11 bits per heavy atom. The molecule has 0 saturated heterocycles. The van der Waals surface area contributed by atoms with Gasteiger partial charge >= 0.3 is 0 Å². The quantitative estimate of drug-likeness (QED) is 0.705. The summed E-state index contributed by atoms with van der Waals surface area (Å²) >= 11 is 15.2. The van der Waals surface area contributed by atoms with Gasteiger partial charge in [0.05, 0.1) is 10.0 Å². The second-order valence-corrected chi connectivity index (χ2v) is 5.97. The summed E-state index contributed by atoms with van der Waals surface area (Å²) in [5.74, 6) is 2.39. The second-order valence-electron chi connectivity index (χ2n) is 4.34. The Morgan fingerprint density at radius 2 is 1.89 bits per heavy atom. The monoisotopic (exact) mass is 358 g/mol. The van der Waals surface area contributed by atoms with Crippen molar-refractivity contribution >= 4 is 39.1 Å². The molecular weight excluding hydrogens is 351 g/mol. The van der Waals surface area contributed by atoms with Crippen molar-refractivity contribution in [1.82, 2.24) is 9.97 Å². The van der Waals surface area contributed by atoms with E-state index in [0.717, 1.165) is 23.3 Å². The van der Waals surface area contributed by atoms with Gasteiger partial charge in [0.2, 0.25) is 5.88 Å². The minimum Gasteiger partial charge on any atom is -0.439 e. The number of aromatic nitrogens is 2. The van der Waals surface area contributed by atoms with Gasteiger partial charge in [-0.05, 0) is 40.9 Å². The van der Waals surface area contributed by atoms with E-state index >= 15 is 0 Å². The van der Waals surface area contributed by atoms with Crippen molar-refractivity contribution in [2.24, 2.45) is 0 Å². The average molecular weight is 360 g/mol. The molecule has 0 spiro atoms. The third-order valence-electron chi connectivity index (χ3n) is 2.74. The molecule has 1 aliphatic rings. The summed E-state index contributed by atoms with van der Waals surface area (Å²) in [7, 11) is 0. The van der Waals surface area contributed by atoms with Gasteiger partial charge in [0.25, 0.3) is 0 Å². The summed E-state index contributed by atoms with van der Waals surface area (Å²) in [5, 5.41) is 0.950. The summed E-state index contributed by atoms with van der Waals surface area (Å²) in [4.78, 5) is 8.75. The maximum absolute atomic E-state index is 5.95. The minimum absolute atomic E-state index is 0.453. The number of ether oxygens (including phenoxy) is 1. The van der Waals surface area contributed by atoms with Crippen LogP contribution in [0.1, 0.15) is 24.6 Å².